The number of fused-ring (bicyclic) bond motifs is 1. The van der Waals surface area contributed by atoms with Crippen LogP contribution < -0.4 is 4.74 Å². The van der Waals surface area contributed by atoms with Gasteiger partial charge in [-0.25, -0.2) is 15.0 Å². The summed E-state index contributed by atoms with van der Waals surface area (Å²) >= 11 is 0. The normalized spacial score (nSPS) is 12.1. The average molecular weight is 392 g/mol. The van der Waals surface area contributed by atoms with Gasteiger partial charge in [-0.1, -0.05) is 19.6 Å². The van der Waals surface area contributed by atoms with Crippen LogP contribution in [0.3, 0.4) is 0 Å². The van der Waals surface area contributed by atoms with Gasteiger partial charge in [-0.15, -0.1) is 0 Å². The summed E-state index contributed by atoms with van der Waals surface area (Å²) in [5.41, 5.74) is 1.83. The lowest BCUT2D eigenvalue weighted by atomic mass is 10.2. The molecule has 3 rings (SSSR count). The SMILES string of the molecule is C[Si](C)(C)CCOCn1ccc2nc(-c3cccnc3OC(F)F)ncc21. The van der Waals surface area contributed by atoms with Crippen LogP contribution >= 0.6 is 0 Å². The molecule has 3 heterocycles. The minimum atomic E-state index is -2.96. The minimum absolute atomic E-state index is 0.194. The Morgan fingerprint density at radius 1 is 1.19 bits per heavy atom. The molecule has 3 aromatic rings. The summed E-state index contributed by atoms with van der Waals surface area (Å²) in [4.78, 5) is 12.6. The van der Waals surface area contributed by atoms with Gasteiger partial charge in [-0.05, 0) is 24.2 Å². The molecule has 0 bridgehead atoms. The Morgan fingerprint density at radius 3 is 2.74 bits per heavy atom. The molecule has 0 spiro atoms. The first-order valence-electron chi connectivity index (χ1n) is 8.63. The lowest BCUT2D eigenvalue weighted by Crippen LogP contribution is -2.21. The Bertz CT molecular complexity index is 912. The zero-order chi connectivity index (χ0) is 19.4. The first-order valence-corrected chi connectivity index (χ1v) is 12.3. The molecule has 0 aromatic carbocycles. The summed E-state index contributed by atoms with van der Waals surface area (Å²) in [6, 6.07) is 6.16. The van der Waals surface area contributed by atoms with E-state index in [2.05, 4.69) is 39.3 Å². The Labute approximate surface area is 157 Å². The fraction of sp³-hybridized carbons (Fsp3) is 0.389. The van der Waals surface area contributed by atoms with Crippen molar-refractivity contribution in [3.8, 4) is 17.3 Å². The molecular formula is C18H22F2N4O2Si. The Morgan fingerprint density at radius 2 is 2.00 bits per heavy atom. The maximum atomic E-state index is 12.6. The van der Waals surface area contributed by atoms with E-state index in [0.29, 0.717) is 17.8 Å². The van der Waals surface area contributed by atoms with Gasteiger partial charge in [0.1, 0.15) is 6.73 Å². The zero-order valence-electron chi connectivity index (χ0n) is 15.5. The Hall–Kier alpha value is -2.39. The van der Waals surface area contributed by atoms with Gasteiger partial charge in [0.25, 0.3) is 0 Å². The van der Waals surface area contributed by atoms with Gasteiger partial charge >= 0.3 is 6.61 Å². The average Bonchev–Trinajstić information content (AvgIpc) is 3.00. The van der Waals surface area contributed by atoms with Gasteiger partial charge in [-0.3, -0.25) is 0 Å². The number of halogens is 2. The van der Waals surface area contributed by atoms with Crippen LogP contribution in [0.2, 0.25) is 25.7 Å². The Kier molecular flexibility index (Phi) is 5.81. The number of hydrogen-bond donors (Lipinski definition) is 0. The third kappa shape index (κ3) is 5.07. The summed E-state index contributed by atoms with van der Waals surface area (Å²) in [5, 5.41) is 0. The number of nitrogens with zero attached hydrogens (tertiary/aromatic N) is 4. The molecule has 0 atom stereocenters. The topological polar surface area (TPSA) is 62.1 Å². The zero-order valence-corrected chi connectivity index (χ0v) is 16.5. The van der Waals surface area contributed by atoms with Gasteiger partial charge in [-0.2, -0.15) is 8.78 Å². The van der Waals surface area contributed by atoms with Gasteiger partial charge in [0.15, 0.2) is 5.82 Å². The smallest absolute Gasteiger partial charge is 0.388 e. The second-order valence-electron chi connectivity index (χ2n) is 7.33. The van der Waals surface area contributed by atoms with Crippen LogP contribution in [0.15, 0.2) is 36.8 Å². The summed E-state index contributed by atoms with van der Waals surface area (Å²) in [6.45, 7) is 5.10. The van der Waals surface area contributed by atoms with E-state index < -0.39 is 14.7 Å². The lowest BCUT2D eigenvalue weighted by molar-refractivity contribution is -0.0524. The molecule has 0 aliphatic heterocycles. The van der Waals surface area contributed by atoms with Crippen molar-refractivity contribution in [2.24, 2.45) is 0 Å². The quantitative estimate of drug-likeness (QED) is 0.420. The summed E-state index contributed by atoms with van der Waals surface area (Å²) in [6.07, 6.45) is 4.91. The van der Waals surface area contributed by atoms with Crippen molar-refractivity contribution in [2.45, 2.75) is 39.0 Å². The lowest BCUT2D eigenvalue weighted by Gasteiger charge is -2.15. The van der Waals surface area contributed by atoms with E-state index in [0.717, 1.165) is 18.2 Å². The largest absolute Gasteiger partial charge is 0.416 e. The molecule has 0 radical (unpaired) electrons. The molecule has 27 heavy (non-hydrogen) atoms. The standard InChI is InChI=1S/C18H22F2N4O2Si/c1-27(2,3)10-9-25-12-24-8-6-14-15(24)11-22-16(23-14)13-5-4-7-21-17(13)26-18(19)20/h4-8,11,18H,9-10,12H2,1-3H3. The van der Waals surface area contributed by atoms with Crippen molar-refractivity contribution >= 4 is 19.1 Å². The van der Waals surface area contributed by atoms with E-state index in [1.165, 1.54) is 6.20 Å². The number of hydrogen-bond acceptors (Lipinski definition) is 5. The number of rotatable bonds is 8. The highest BCUT2D eigenvalue weighted by Crippen LogP contribution is 2.27. The second-order valence-corrected chi connectivity index (χ2v) is 13.0. The van der Waals surface area contributed by atoms with Crippen LogP contribution in [0.4, 0.5) is 8.78 Å². The van der Waals surface area contributed by atoms with Crippen molar-refractivity contribution in [1.82, 2.24) is 19.5 Å². The van der Waals surface area contributed by atoms with Crippen LogP contribution in [0.25, 0.3) is 22.4 Å². The maximum absolute atomic E-state index is 12.6. The molecule has 0 saturated carbocycles. The molecule has 0 unspecified atom stereocenters. The highest BCUT2D eigenvalue weighted by atomic mass is 28.3. The predicted octanol–water partition coefficient (Wildman–Crippen LogP) is 4.41. The molecule has 144 valence electrons. The van der Waals surface area contributed by atoms with Crippen LogP contribution in [0.5, 0.6) is 5.88 Å². The van der Waals surface area contributed by atoms with Gasteiger partial charge in [0.2, 0.25) is 5.88 Å². The monoisotopic (exact) mass is 392 g/mol. The predicted molar refractivity (Wildman–Crippen MR) is 101 cm³/mol. The van der Waals surface area contributed by atoms with Crippen LogP contribution in [0.1, 0.15) is 0 Å². The van der Waals surface area contributed by atoms with Crippen LogP contribution in [0, 0.1) is 0 Å². The molecule has 0 N–H and O–H groups in total. The first-order chi connectivity index (χ1) is 12.8. The fourth-order valence-corrected chi connectivity index (χ4v) is 3.25. The minimum Gasteiger partial charge on any atom is -0.416 e. The van der Waals surface area contributed by atoms with Gasteiger partial charge < -0.3 is 14.0 Å². The molecular weight excluding hydrogens is 370 g/mol. The third-order valence-electron chi connectivity index (χ3n) is 3.96. The molecule has 9 heteroatoms. The van der Waals surface area contributed by atoms with Crippen molar-refractivity contribution < 1.29 is 18.3 Å². The molecule has 6 nitrogen and oxygen atoms in total. The van der Waals surface area contributed by atoms with Crippen molar-refractivity contribution in [3.63, 3.8) is 0 Å². The van der Waals surface area contributed by atoms with E-state index >= 15 is 0 Å². The van der Waals surface area contributed by atoms with Crippen molar-refractivity contribution in [1.29, 1.82) is 0 Å². The highest BCUT2D eigenvalue weighted by molar-refractivity contribution is 6.76. The van der Waals surface area contributed by atoms with Gasteiger partial charge in [0.05, 0.1) is 22.8 Å². The Balaban J connectivity index is 1.78. The molecule has 0 amide bonds. The van der Waals surface area contributed by atoms with Crippen molar-refractivity contribution in [3.05, 3.63) is 36.8 Å². The summed E-state index contributed by atoms with van der Waals surface area (Å²) in [5.74, 6) is 0.0876. The van der Waals surface area contributed by atoms with Crippen molar-refractivity contribution in [2.75, 3.05) is 6.61 Å². The summed E-state index contributed by atoms with van der Waals surface area (Å²) in [7, 11) is -1.13. The number of ether oxygens (including phenoxy) is 2. The molecule has 3 aromatic heterocycles. The highest BCUT2D eigenvalue weighted by Gasteiger charge is 2.16. The van der Waals surface area contributed by atoms with E-state index in [1.807, 2.05) is 16.8 Å². The number of aromatic nitrogens is 4. The summed E-state index contributed by atoms with van der Waals surface area (Å²) < 4.78 is 37.3. The second kappa shape index (κ2) is 8.09. The van der Waals surface area contributed by atoms with E-state index in [9.17, 15) is 8.78 Å². The van der Waals surface area contributed by atoms with E-state index in [1.54, 1.807) is 18.3 Å². The fourth-order valence-electron chi connectivity index (χ4n) is 2.50. The van der Waals surface area contributed by atoms with Crippen LogP contribution in [-0.2, 0) is 11.5 Å². The molecule has 0 fully saturated rings. The third-order valence-corrected chi connectivity index (χ3v) is 5.66. The first kappa shape index (κ1) is 19.4. The molecule has 0 aliphatic carbocycles. The van der Waals surface area contributed by atoms with E-state index in [4.69, 9.17) is 4.74 Å². The molecule has 0 saturated heterocycles. The number of pyridine rings is 1. The van der Waals surface area contributed by atoms with Crippen LogP contribution in [-0.4, -0.2) is 40.8 Å². The van der Waals surface area contributed by atoms with E-state index in [-0.39, 0.29) is 11.7 Å². The maximum Gasteiger partial charge on any atom is 0.388 e. The number of alkyl halides is 2. The molecule has 0 aliphatic rings. The van der Waals surface area contributed by atoms with Gasteiger partial charge in [0, 0.05) is 27.1 Å².